The highest BCUT2D eigenvalue weighted by molar-refractivity contribution is 5.89. The monoisotopic (exact) mass is 848 g/mol. The zero-order valence-corrected chi connectivity index (χ0v) is 39.8. The fraction of sp³-hybridized carbons (Fsp3) is 0.902. The van der Waals surface area contributed by atoms with Crippen molar-refractivity contribution in [1.82, 2.24) is 10.2 Å². The third-order valence-electron chi connectivity index (χ3n) is 20.9. The molecule has 10 nitrogen and oxygen atoms in total. The molecule has 7 aliphatic carbocycles. The number of ether oxygens (including phenoxy) is 1. The number of hydrogen-bond donors (Lipinski definition) is 2. The van der Waals surface area contributed by atoms with Crippen LogP contribution in [0, 0.1) is 85.2 Å². The normalized spacial score (nSPS) is 44.5. The van der Waals surface area contributed by atoms with E-state index < -0.39 is 17.4 Å². The lowest BCUT2D eigenvalue weighted by Gasteiger charge is -2.73. The van der Waals surface area contributed by atoms with Crippen LogP contribution in [0.4, 0.5) is 0 Å². The number of carboxylic acids is 1. The van der Waals surface area contributed by atoms with Crippen LogP contribution in [0.2, 0.25) is 0 Å². The van der Waals surface area contributed by atoms with Gasteiger partial charge in [-0.1, -0.05) is 60.5 Å². The minimum Gasteiger partial charge on any atom is -0.481 e. The van der Waals surface area contributed by atoms with Gasteiger partial charge in [0.1, 0.15) is 12.7 Å². The Labute approximate surface area is 367 Å². The molecule has 1 saturated heterocycles. The van der Waals surface area contributed by atoms with Gasteiger partial charge in [0.2, 0.25) is 11.8 Å². The molecule has 8 fully saturated rings. The highest BCUT2D eigenvalue weighted by Gasteiger charge is 2.73. The molecule has 0 aromatic heterocycles. The van der Waals surface area contributed by atoms with E-state index in [-0.39, 0.29) is 62.9 Å². The largest absolute Gasteiger partial charge is 0.481 e. The van der Waals surface area contributed by atoms with E-state index in [0.717, 1.165) is 88.2 Å². The van der Waals surface area contributed by atoms with E-state index in [9.17, 15) is 19.5 Å². The Morgan fingerprint density at radius 1 is 0.820 bits per heavy atom. The van der Waals surface area contributed by atoms with Crippen LogP contribution in [0.25, 0.3) is 0 Å². The van der Waals surface area contributed by atoms with Crippen molar-refractivity contribution in [2.45, 2.75) is 185 Å². The molecule has 10 heteroatoms. The minimum absolute atomic E-state index is 0.000877. The van der Waals surface area contributed by atoms with Gasteiger partial charge < -0.3 is 24.9 Å². The molecular formula is C51H81N3O7. The van der Waals surface area contributed by atoms with Crippen LogP contribution in [-0.4, -0.2) is 71.3 Å². The van der Waals surface area contributed by atoms with Crippen molar-refractivity contribution in [3.8, 4) is 0 Å². The summed E-state index contributed by atoms with van der Waals surface area (Å²) < 4.78 is 6.23. The van der Waals surface area contributed by atoms with Gasteiger partial charge in [-0.2, -0.15) is 0 Å². The summed E-state index contributed by atoms with van der Waals surface area (Å²) in [5, 5.41) is 17.6. The molecule has 342 valence electrons. The Kier molecular flexibility index (Phi) is 11.2. The molecule has 4 unspecified atom stereocenters. The van der Waals surface area contributed by atoms with E-state index in [1.165, 1.54) is 19.3 Å². The summed E-state index contributed by atoms with van der Waals surface area (Å²) in [6, 6.07) is 0.000877. The van der Waals surface area contributed by atoms with Crippen LogP contribution in [-0.2, 0) is 28.8 Å². The van der Waals surface area contributed by atoms with Gasteiger partial charge in [-0.25, -0.2) is 0 Å². The Hall–Kier alpha value is -2.65. The number of rotatable bonds is 10. The number of nitrogens with one attached hydrogen (secondary N) is 1. The van der Waals surface area contributed by atoms with Crippen molar-refractivity contribution in [1.29, 1.82) is 0 Å². The lowest BCUT2D eigenvalue weighted by atomic mass is 9.32. The first-order chi connectivity index (χ1) is 28.5. The van der Waals surface area contributed by atoms with Gasteiger partial charge in [0, 0.05) is 43.3 Å². The number of carbonyl (C=O) groups excluding carboxylic acids is 3. The zero-order chi connectivity index (χ0) is 44.3. The second-order valence-corrected chi connectivity index (χ2v) is 24.7. The number of carbonyl (C=O) groups is 4. The predicted molar refractivity (Wildman–Crippen MR) is 236 cm³/mol. The number of carboxylic acid groups (broad SMARTS) is 1. The summed E-state index contributed by atoms with van der Waals surface area (Å²) in [5.41, 5.74) is -0.600. The van der Waals surface area contributed by atoms with Crippen LogP contribution in [0.1, 0.15) is 172 Å². The zero-order valence-electron chi connectivity index (χ0n) is 39.8. The standard InChI is InChI=1S/C51H81N3O7/c1-12-60-53-31-18-25-54(26-19-31)42(56)35-28-38(46(35,5)6)52-43(57)51-22-15-32(33-27-30(33)2)41(51)34-13-14-37-48(9)20-17-39(61-40(55)29-45(3,4)44(58)59)47(7,8)36(48)16-21-50(37,11)49(34,10)23-24-51/h30,32-39,41H,12-29H2,1-11H3,(H,52,57)(H,58,59)/t30?,32?,33?,34-,35-,36?,37-,38-,39+,41-,48+,49-,50-,51+/m1/s1. The topological polar surface area (TPSA) is 135 Å². The summed E-state index contributed by atoms with van der Waals surface area (Å²) >= 11 is 0. The minimum atomic E-state index is -1.16. The molecule has 0 aromatic rings. The molecule has 1 heterocycles. The molecule has 0 radical (unpaired) electrons. The van der Waals surface area contributed by atoms with E-state index in [1.54, 1.807) is 13.8 Å². The summed E-state index contributed by atoms with van der Waals surface area (Å²) in [4.78, 5) is 61.5. The number of aliphatic carboxylic acids is 1. The molecule has 0 aromatic carbocycles. The molecule has 2 N–H and O–H groups in total. The number of piperidine rings is 1. The lowest BCUT2D eigenvalue weighted by molar-refractivity contribution is -0.250. The average Bonchev–Trinajstić information content (AvgIpc) is 3.78. The second kappa shape index (κ2) is 15.2. The first kappa shape index (κ1) is 44.9. The van der Waals surface area contributed by atoms with Gasteiger partial charge >= 0.3 is 11.9 Å². The van der Waals surface area contributed by atoms with Crippen molar-refractivity contribution in [3.05, 3.63) is 0 Å². The Balaban J connectivity index is 0.987. The van der Waals surface area contributed by atoms with E-state index in [1.807, 2.05) is 11.8 Å². The maximum atomic E-state index is 15.2. The lowest BCUT2D eigenvalue weighted by Crippen LogP contribution is -2.68. The average molecular weight is 848 g/mol. The number of oxime groups is 1. The number of nitrogens with zero attached hydrogens (tertiary/aromatic N) is 2. The molecule has 1 aliphatic heterocycles. The number of hydrogen-bond acceptors (Lipinski definition) is 7. The van der Waals surface area contributed by atoms with Gasteiger partial charge in [0.15, 0.2) is 0 Å². The van der Waals surface area contributed by atoms with Crippen LogP contribution in [0.3, 0.4) is 0 Å². The summed E-state index contributed by atoms with van der Waals surface area (Å²) in [7, 11) is 0. The summed E-state index contributed by atoms with van der Waals surface area (Å²) in [5.74, 6) is 2.99. The predicted octanol–water partition coefficient (Wildman–Crippen LogP) is 9.68. The van der Waals surface area contributed by atoms with Crippen molar-refractivity contribution in [2.24, 2.45) is 90.4 Å². The van der Waals surface area contributed by atoms with Crippen LogP contribution < -0.4 is 5.32 Å². The van der Waals surface area contributed by atoms with Crippen LogP contribution in [0.15, 0.2) is 5.16 Å². The maximum absolute atomic E-state index is 15.2. The van der Waals surface area contributed by atoms with E-state index in [4.69, 9.17) is 9.57 Å². The fourth-order valence-corrected chi connectivity index (χ4v) is 16.6. The van der Waals surface area contributed by atoms with Crippen molar-refractivity contribution in [2.75, 3.05) is 19.7 Å². The van der Waals surface area contributed by atoms with Gasteiger partial charge in [-0.05, 0) is 161 Å². The maximum Gasteiger partial charge on any atom is 0.309 e. The number of fused-ring (bicyclic) bond motifs is 7. The number of likely N-dealkylation sites (tertiary alicyclic amines) is 1. The number of esters is 1. The smallest absolute Gasteiger partial charge is 0.309 e. The van der Waals surface area contributed by atoms with Crippen molar-refractivity contribution in [3.63, 3.8) is 0 Å². The van der Waals surface area contributed by atoms with Gasteiger partial charge in [0.25, 0.3) is 0 Å². The molecule has 14 atom stereocenters. The fourth-order valence-electron chi connectivity index (χ4n) is 16.6. The van der Waals surface area contributed by atoms with Gasteiger partial charge in [-0.3, -0.25) is 19.2 Å². The first-order valence-electron chi connectivity index (χ1n) is 24.7. The molecule has 2 amide bonds. The van der Waals surface area contributed by atoms with Gasteiger partial charge in [-0.15, -0.1) is 0 Å². The van der Waals surface area contributed by atoms with E-state index in [2.05, 4.69) is 65.9 Å². The third-order valence-corrected chi connectivity index (χ3v) is 20.9. The van der Waals surface area contributed by atoms with Crippen LogP contribution in [0.5, 0.6) is 0 Å². The van der Waals surface area contributed by atoms with E-state index in [0.29, 0.717) is 55.2 Å². The molecule has 0 bridgehead atoms. The second-order valence-electron chi connectivity index (χ2n) is 24.7. The molecule has 7 saturated carbocycles. The summed E-state index contributed by atoms with van der Waals surface area (Å²) in [6.07, 6.45) is 13.8. The highest BCUT2D eigenvalue weighted by atomic mass is 16.6. The molecule has 0 spiro atoms. The van der Waals surface area contributed by atoms with Crippen molar-refractivity contribution >= 4 is 29.5 Å². The Morgan fingerprint density at radius 3 is 2.13 bits per heavy atom. The molecule has 8 rings (SSSR count). The molecule has 8 aliphatic rings. The molecule has 61 heavy (non-hydrogen) atoms. The first-order valence-corrected chi connectivity index (χ1v) is 24.7. The van der Waals surface area contributed by atoms with Crippen molar-refractivity contribution < 1.29 is 33.9 Å². The van der Waals surface area contributed by atoms with E-state index >= 15 is 4.79 Å². The third kappa shape index (κ3) is 6.92. The Morgan fingerprint density at radius 2 is 1.51 bits per heavy atom. The van der Waals surface area contributed by atoms with Crippen LogP contribution >= 0.6 is 0 Å². The number of amides is 2. The Bertz CT molecular complexity index is 1800. The quantitative estimate of drug-likeness (QED) is 0.165. The molecular weight excluding hydrogens is 767 g/mol. The highest BCUT2D eigenvalue weighted by Crippen LogP contribution is 2.78. The van der Waals surface area contributed by atoms with Gasteiger partial charge in [0.05, 0.1) is 23.0 Å². The SMILES string of the molecule is CCON=C1CCN(C(=O)[C@H]2C[C@@H](NC(=O)[C@]34CCC(C5CC5C)[C@@H]3[C@H]3CC[C@@H]5[C@@]6(C)CC[C@H](OC(=O)CC(C)(C)C(=O)O)C(C)(C)C6CC[C@@]5(C)[C@]3(C)CC4)C2(C)C)CC1. The summed E-state index contributed by atoms with van der Waals surface area (Å²) in [6.45, 7) is 26.4.